The number of nitrogens with zero attached hydrogens (tertiary/aromatic N) is 5. The molecule has 0 radical (unpaired) electrons. The van der Waals surface area contributed by atoms with Crippen LogP contribution >= 0.6 is 0 Å². The van der Waals surface area contributed by atoms with Gasteiger partial charge in [0.25, 0.3) is 0 Å². The number of aromatic nitrogens is 5. The van der Waals surface area contributed by atoms with Crippen molar-refractivity contribution >= 4 is 11.6 Å². The van der Waals surface area contributed by atoms with Crippen LogP contribution in [-0.4, -0.2) is 38.6 Å². The molecule has 0 fully saturated rings. The summed E-state index contributed by atoms with van der Waals surface area (Å²) in [6.07, 6.45) is 5.03. The van der Waals surface area contributed by atoms with Crippen LogP contribution in [0, 0.1) is 6.92 Å². The number of anilines is 2. The van der Waals surface area contributed by atoms with Gasteiger partial charge in [0.1, 0.15) is 18.0 Å². The van der Waals surface area contributed by atoms with E-state index in [2.05, 4.69) is 30.9 Å². The molecule has 2 heterocycles. The van der Waals surface area contributed by atoms with Crippen LogP contribution in [0.5, 0.6) is 0 Å². The largest absolute Gasteiger partial charge is 0.373 e. The van der Waals surface area contributed by atoms with Gasteiger partial charge >= 0.3 is 0 Å². The molecule has 2 aromatic rings. The maximum atomic E-state index is 4.20. The molecule has 0 aliphatic carbocycles. The van der Waals surface area contributed by atoms with Crippen molar-refractivity contribution in [1.29, 1.82) is 0 Å². The summed E-state index contributed by atoms with van der Waals surface area (Å²) in [7, 11) is 1.84. The third-order valence-electron chi connectivity index (χ3n) is 2.43. The maximum absolute atomic E-state index is 4.20. The van der Waals surface area contributed by atoms with Gasteiger partial charge in [-0.3, -0.25) is 4.68 Å². The van der Waals surface area contributed by atoms with E-state index in [1.807, 2.05) is 20.2 Å². The van der Waals surface area contributed by atoms with E-state index in [4.69, 9.17) is 0 Å². The molecule has 0 bridgehead atoms. The fraction of sp³-hybridized carbons (Fsp3) is 0.400. The lowest BCUT2D eigenvalue weighted by molar-refractivity contribution is 0.608. The van der Waals surface area contributed by atoms with Gasteiger partial charge in [-0.25, -0.2) is 9.97 Å². The standard InChI is InChI=1S/C10H15N7/c1-8-9(11-2)13-7-14-10(8)12-3-5-17-6-4-15-16-17/h4,6-7H,3,5H2,1-2H3,(H2,11,12,13,14). The molecule has 0 atom stereocenters. The monoisotopic (exact) mass is 233 g/mol. The summed E-state index contributed by atoms with van der Waals surface area (Å²) in [5.74, 6) is 1.67. The molecule has 90 valence electrons. The fourth-order valence-electron chi connectivity index (χ4n) is 1.52. The quantitative estimate of drug-likeness (QED) is 0.784. The van der Waals surface area contributed by atoms with E-state index in [1.54, 1.807) is 10.9 Å². The molecule has 2 N–H and O–H groups in total. The summed E-state index contributed by atoms with van der Waals surface area (Å²) in [5.41, 5.74) is 1.01. The summed E-state index contributed by atoms with van der Waals surface area (Å²) in [5, 5.41) is 13.9. The molecule has 7 nitrogen and oxygen atoms in total. The third kappa shape index (κ3) is 2.68. The zero-order valence-corrected chi connectivity index (χ0v) is 9.88. The summed E-state index contributed by atoms with van der Waals surface area (Å²) >= 11 is 0. The van der Waals surface area contributed by atoms with E-state index in [9.17, 15) is 0 Å². The van der Waals surface area contributed by atoms with Crippen molar-refractivity contribution < 1.29 is 0 Å². The summed E-state index contributed by atoms with van der Waals surface area (Å²) in [4.78, 5) is 8.32. The molecule has 2 rings (SSSR count). The van der Waals surface area contributed by atoms with Crippen LogP contribution in [0.1, 0.15) is 5.56 Å². The molecule has 7 heteroatoms. The van der Waals surface area contributed by atoms with Crippen LogP contribution in [0.25, 0.3) is 0 Å². The molecule has 0 aliphatic rings. The maximum Gasteiger partial charge on any atom is 0.134 e. The van der Waals surface area contributed by atoms with Crippen molar-refractivity contribution in [2.75, 3.05) is 24.2 Å². The van der Waals surface area contributed by atoms with E-state index >= 15 is 0 Å². The number of nitrogens with one attached hydrogen (secondary N) is 2. The number of hydrogen-bond donors (Lipinski definition) is 2. The molecule has 0 aliphatic heterocycles. The first-order valence-electron chi connectivity index (χ1n) is 5.38. The minimum absolute atomic E-state index is 0.740. The van der Waals surface area contributed by atoms with E-state index in [0.29, 0.717) is 0 Å². The lowest BCUT2D eigenvalue weighted by atomic mass is 10.3. The van der Waals surface area contributed by atoms with Gasteiger partial charge in [0, 0.05) is 25.4 Å². The van der Waals surface area contributed by atoms with Gasteiger partial charge in [0.15, 0.2) is 0 Å². The summed E-state index contributed by atoms with van der Waals surface area (Å²) in [6, 6.07) is 0. The predicted octanol–water partition coefficient (Wildman–Crippen LogP) is 0.530. The lowest BCUT2D eigenvalue weighted by Crippen LogP contribution is -2.13. The zero-order chi connectivity index (χ0) is 12.1. The smallest absolute Gasteiger partial charge is 0.134 e. The van der Waals surface area contributed by atoms with Gasteiger partial charge in [0.2, 0.25) is 0 Å². The predicted molar refractivity (Wildman–Crippen MR) is 64.8 cm³/mol. The first-order valence-corrected chi connectivity index (χ1v) is 5.38. The van der Waals surface area contributed by atoms with Crippen LogP contribution in [0.2, 0.25) is 0 Å². The van der Waals surface area contributed by atoms with Gasteiger partial charge in [-0.1, -0.05) is 5.21 Å². The SMILES string of the molecule is CNc1ncnc(NCCn2ccnn2)c1C. The second-order valence-electron chi connectivity index (χ2n) is 3.54. The molecular weight excluding hydrogens is 218 g/mol. The average molecular weight is 233 g/mol. The first kappa shape index (κ1) is 11.3. The molecule has 0 aromatic carbocycles. The first-order chi connectivity index (χ1) is 8.31. The highest BCUT2D eigenvalue weighted by Crippen LogP contribution is 2.16. The van der Waals surface area contributed by atoms with Crippen LogP contribution in [0.15, 0.2) is 18.7 Å². The van der Waals surface area contributed by atoms with Crippen molar-refractivity contribution in [1.82, 2.24) is 25.0 Å². The highest BCUT2D eigenvalue weighted by Gasteiger charge is 2.04. The van der Waals surface area contributed by atoms with Crippen molar-refractivity contribution in [2.24, 2.45) is 0 Å². The Morgan fingerprint density at radius 3 is 2.82 bits per heavy atom. The molecule has 0 saturated heterocycles. The average Bonchev–Trinajstić information content (AvgIpc) is 2.84. The Bertz CT molecular complexity index is 466. The normalized spacial score (nSPS) is 10.2. The second kappa shape index (κ2) is 5.24. The minimum atomic E-state index is 0.740. The Morgan fingerprint density at radius 1 is 1.29 bits per heavy atom. The van der Waals surface area contributed by atoms with Crippen LogP contribution in [-0.2, 0) is 6.54 Å². The Balaban J connectivity index is 1.95. The van der Waals surface area contributed by atoms with Gasteiger partial charge in [-0.05, 0) is 6.92 Å². The Hall–Kier alpha value is -2.18. The van der Waals surface area contributed by atoms with Gasteiger partial charge in [-0.15, -0.1) is 5.10 Å². The van der Waals surface area contributed by atoms with Crippen molar-refractivity contribution in [3.63, 3.8) is 0 Å². The lowest BCUT2D eigenvalue weighted by Gasteiger charge is -2.10. The minimum Gasteiger partial charge on any atom is -0.373 e. The summed E-state index contributed by atoms with van der Waals surface area (Å²) < 4.78 is 1.77. The highest BCUT2D eigenvalue weighted by atomic mass is 15.4. The van der Waals surface area contributed by atoms with Crippen LogP contribution in [0.3, 0.4) is 0 Å². The molecule has 0 saturated carbocycles. The molecule has 0 amide bonds. The van der Waals surface area contributed by atoms with Crippen molar-refractivity contribution in [3.05, 3.63) is 24.3 Å². The van der Waals surface area contributed by atoms with Crippen LogP contribution < -0.4 is 10.6 Å². The number of rotatable bonds is 5. The van der Waals surface area contributed by atoms with E-state index in [-0.39, 0.29) is 0 Å². The highest BCUT2D eigenvalue weighted by molar-refractivity contribution is 5.55. The fourth-order valence-corrected chi connectivity index (χ4v) is 1.52. The van der Waals surface area contributed by atoms with E-state index in [0.717, 1.165) is 30.3 Å². The van der Waals surface area contributed by atoms with Crippen molar-refractivity contribution in [2.45, 2.75) is 13.5 Å². The Labute approximate surface area is 99.3 Å². The van der Waals surface area contributed by atoms with Crippen molar-refractivity contribution in [3.8, 4) is 0 Å². The Morgan fingerprint density at radius 2 is 2.12 bits per heavy atom. The Kier molecular flexibility index (Phi) is 3.49. The van der Waals surface area contributed by atoms with Gasteiger partial charge in [0.05, 0.1) is 12.7 Å². The molecular formula is C10H15N7. The topological polar surface area (TPSA) is 80.5 Å². The molecule has 0 spiro atoms. The molecule has 0 unspecified atom stereocenters. The van der Waals surface area contributed by atoms with Crippen LogP contribution in [0.4, 0.5) is 11.6 Å². The third-order valence-corrected chi connectivity index (χ3v) is 2.43. The van der Waals surface area contributed by atoms with E-state index in [1.165, 1.54) is 6.33 Å². The molecule has 2 aromatic heterocycles. The number of hydrogen-bond acceptors (Lipinski definition) is 6. The van der Waals surface area contributed by atoms with Gasteiger partial charge in [-0.2, -0.15) is 0 Å². The van der Waals surface area contributed by atoms with Gasteiger partial charge < -0.3 is 10.6 Å². The summed E-state index contributed by atoms with van der Waals surface area (Å²) in [6.45, 7) is 3.46. The molecule has 17 heavy (non-hydrogen) atoms. The second-order valence-corrected chi connectivity index (χ2v) is 3.54. The van der Waals surface area contributed by atoms with E-state index < -0.39 is 0 Å². The zero-order valence-electron chi connectivity index (χ0n) is 9.88.